The van der Waals surface area contributed by atoms with Crippen molar-refractivity contribution in [3.8, 4) is 0 Å². The van der Waals surface area contributed by atoms with Crippen molar-refractivity contribution in [2.24, 2.45) is 0 Å². The number of rotatable bonds is 2. The number of morpholine rings is 1. The Labute approximate surface area is 117 Å². The first-order valence-electron chi connectivity index (χ1n) is 6.50. The SMILES string of the molecule is COC(=O)c1ccc(C(=O)N2C[C@@H](C)O[C@@H](C)C2)nc1. The molecule has 2 atom stereocenters. The number of hydrogen-bond acceptors (Lipinski definition) is 5. The summed E-state index contributed by atoms with van der Waals surface area (Å²) in [4.78, 5) is 29.4. The average Bonchev–Trinajstić information content (AvgIpc) is 2.45. The maximum Gasteiger partial charge on any atom is 0.339 e. The van der Waals surface area contributed by atoms with Gasteiger partial charge in [0.15, 0.2) is 0 Å². The Bertz CT molecular complexity index is 490. The first-order chi connectivity index (χ1) is 9.51. The molecule has 0 saturated carbocycles. The van der Waals surface area contributed by atoms with E-state index in [1.54, 1.807) is 17.0 Å². The molecule has 6 heteroatoms. The van der Waals surface area contributed by atoms with Gasteiger partial charge < -0.3 is 14.4 Å². The predicted molar refractivity (Wildman–Crippen MR) is 71.5 cm³/mol. The molecule has 6 nitrogen and oxygen atoms in total. The summed E-state index contributed by atoms with van der Waals surface area (Å²) in [7, 11) is 1.30. The van der Waals surface area contributed by atoms with Gasteiger partial charge in [0.2, 0.25) is 0 Å². The lowest BCUT2D eigenvalue weighted by Crippen LogP contribution is -2.48. The number of aromatic nitrogens is 1. The maximum atomic E-state index is 12.3. The van der Waals surface area contributed by atoms with Crippen molar-refractivity contribution in [1.82, 2.24) is 9.88 Å². The minimum absolute atomic E-state index is 0.0112. The third kappa shape index (κ3) is 3.14. The Hall–Kier alpha value is -1.95. The summed E-state index contributed by atoms with van der Waals surface area (Å²) in [6, 6.07) is 3.08. The van der Waals surface area contributed by atoms with E-state index in [4.69, 9.17) is 4.74 Å². The summed E-state index contributed by atoms with van der Waals surface area (Å²) >= 11 is 0. The minimum atomic E-state index is -0.467. The van der Waals surface area contributed by atoms with Crippen LogP contribution in [-0.4, -0.2) is 54.2 Å². The fourth-order valence-corrected chi connectivity index (χ4v) is 2.26. The quantitative estimate of drug-likeness (QED) is 0.758. The van der Waals surface area contributed by atoms with Gasteiger partial charge in [0.1, 0.15) is 5.69 Å². The Morgan fingerprint density at radius 2 is 1.95 bits per heavy atom. The minimum Gasteiger partial charge on any atom is -0.465 e. The molecule has 0 spiro atoms. The second-order valence-corrected chi connectivity index (χ2v) is 4.89. The number of methoxy groups -OCH3 is 1. The number of hydrogen-bond donors (Lipinski definition) is 0. The molecule has 1 aliphatic heterocycles. The highest BCUT2D eigenvalue weighted by Crippen LogP contribution is 2.13. The van der Waals surface area contributed by atoms with Gasteiger partial charge in [-0.1, -0.05) is 0 Å². The first-order valence-corrected chi connectivity index (χ1v) is 6.50. The summed E-state index contributed by atoms with van der Waals surface area (Å²) in [6.07, 6.45) is 1.38. The number of pyridine rings is 1. The lowest BCUT2D eigenvalue weighted by Gasteiger charge is -2.35. The second-order valence-electron chi connectivity index (χ2n) is 4.89. The van der Waals surface area contributed by atoms with E-state index in [-0.39, 0.29) is 18.1 Å². The molecule has 1 aliphatic rings. The standard InChI is InChI=1S/C14H18N2O4/c1-9-7-16(8-10(2)20-9)13(17)12-5-4-11(6-15-12)14(18)19-3/h4-6,9-10H,7-8H2,1-3H3/t9-,10+. The summed E-state index contributed by atoms with van der Waals surface area (Å²) in [5.41, 5.74) is 0.645. The van der Waals surface area contributed by atoms with Crippen molar-refractivity contribution in [2.45, 2.75) is 26.1 Å². The summed E-state index contributed by atoms with van der Waals surface area (Å²) in [6.45, 7) is 4.96. The van der Waals surface area contributed by atoms with Crippen molar-refractivity contribution >= 4 is 11.9 Å². The highest BCUT2D eigenvalue weighted by atomic mass is 16.5. The van der Waals surface area contributed by atoms with Crippen LogP contribution in [0.4, 0.5) is 0 Å². The molecule has 1 aromatic rings. The number of esters is 1. The van der Waals surface area contributed by atoms with Crippen molar-refractivity contribution < 1.29 is 19.1 Å². The van der Waals surface area contributed by atoms with Gasteiger partial charge in [0, 0.05) is 19.3 Å². The maximum absolute atomic E-state index is 12.3. The van der Waals surface area contributed by atoms with Gasteiger partial charge in [0.25, 0.3) is 5.91 Å². The van der Waals surface area contributed by atoms with Gasteiger partial charge in [0.05, 0.1) is 24.9 Å². The molecule has 108 valence electrons. The van der Waals surface area contributed by atoms with E-state index in [1.807, 2.05) is 13.8 Å². The van der Waals surface area contributed by atoms with Gasteiger partial charge in [-0.2, -0.15) is 0 Å². The van der Waals surface area contributed by atoms with E-state index in [0.717, 1.165) is 0 Å². The van der Waals surface area contributed by atoms with Crippen LogP contribution in [0.25, 0.3) is 0 Å². The van der Waals surface area contributed by atoms with E-state index in [9.17, 15) is 9.59 Å². The molecule has 1 amide bonds. The number of amides is 1. The molecule has 1 fully saturated rings. The van der Waals surface area contributed by atoms with Crippen LogP contribution < -0.4 is 0 Å². The normalized spacial score (nSPS) is 22.4. The largest absolute Gasteiger partial charge is 0.465 e. The Balaban J connectivity index is 2.11. The molecule has 2 rings (SSSR count). The van der Waals surface area contributed by atoms with E-state index in [1.165, 1.54) is 13.3 Å². The van der Waals surface area contributed by atoms with E-state index in [2.05, 4.69) is 9.72 Å². The molecular formula is C14H18N2O4. The molecule has 0 radical (unpaired) electrons. The number of carbonyl (C=O) groups excluding carboxylic acids is 2. The number of nitrogens with zero attached hydrogens (tertiary/aromatic N) is 2. The molecular weight excluding hydrogens is 260 g/mol. The highest BCUT2D eigenvalue weighted by Gasteiger charge is 2.27. The fraction of sp³-hybridized carbons (Fsp3) is 0.500. The van der Waals surface area contributed by atoms with E-state index < -0.39 is 5.97 Å². The number of ether oxygens (including phenoxy) is 2. The van der Waals surface area contributed by atoms with Crippen LogP contribution in [0, 0.1) is 0 Å². The molecule has 2 heterocycles. The van der Waals surface area contributed by atoms with E-state index >= 15 is 0 Å². The monoisotopic (exact) mass is 278 g/mol. The Morgan fingerprint density at radius 1 is 1.30 bits per heavy atom. The van der Waals surface area contributed by atoms with Crippen molar-refractivity contribution in [3.63, 3.8) is 0 Å². The third-order valence-electron chi connectivity index (χ3n) is 3.11. The average molecular weight is 278 g/mol. The van der Waals surface area contributed by atoms with Crippen molar-refractivity contribution in [3.05, 3.63) is 29.6 Å². The second kappa shape index (κ2) is 6.00. The lowest BCUT2D eigenvalue weighted by atomic mass is 10.2. The molecule has 0 aromatic carbocycles. The first kappa shape index (κ1) is 14.5. The Morgan fingerprint density at radius 3 is 2.45 bits per heavy atom. The van der Waals surface area contributed by atoms with Crippen LogP contribution in [0.5, 0.6) is 0 Å². The van der Waals surface area contributed by atoms with E-state index in [0.29, 0.717) is 24.3 Å². The predicted octanol–water partition coefficient (Wildman–Crippen LogP) is 1.12. The smallest absolute Gasteiger partial charge is 0.339 e. The van der Waals surface area contributed by atoms with Crippen molar-refractivity contribution in [1.29, 1.82) is 0 Å². The van der Waals surface area contributed by atoms with Gasteiger partial charge in [-0.25, -0.2) is 4.79 Å². The van der Waals surface area contributed by atoms with Gasteiger partial charge >= 0.3 is 5.97 Å². The molecule has 1 saturated heterocycles. The molecule has 20 heavy (non-hydrogen) atoms. The summed E-state index contributed by atoms with van der Waals surface area (Å²) in [5.74, 6) is -0.617. The van der Waals surface area contributed by atoms with Crippen LogP contribution in [-0.2, 0) is 9.47 Å². The summed E-state index contributed by atoms with van der Waals surface area (Å²) in [5, 5.41) is 0. The molecule has 0 bridgehead atoms. The highest BCUT2D eigenvalue weighted by molar-refractivity contribution is 5.94. The fourth-order valence-electron chi connectivity index (χ4n) is 2.26. The summed E-state index contributed by atoms with van der Waals surface area (Å²) < 4.78 is 10.2. The topological polar surface area (TPSA) is 68.7 Å². The van der Waals surface area contributed by atoms with Crippen LogP contribution in [0.3, 0.4) is 0 Å². The zero-order valence-corrected chi connectivity index (χ0v) is 11.8. The van der Waals surface area contributed by atoms with Crippen LogP contribution in [0.15, 0.2) is 18.3 Å². The molecule has 0 unspecified atom stereocenters. The molecule has 0 N–H and O–H groups in total. The molecule has 0 aliphatic carbocycles. The van der Waals surface area contributed by atoms with Crippen LogP contribution in [0.2, 0.25) is 0 Å². The zero-order chi connectivity index (χ0) is 14.7. The van der Waals surface area contributed by atoms with Crippen molar-refractivity contribution in [2.75, 3.05) is 20.2 Å². The Kier molecular flexibility index (Phi) is 4.34. The molecule has 1 aromatic heterocycles. The van der Waals surface area contributed by atoms with Gasteiger partial charge in [-0.05, 0) is 26.0 Å². The number of carbonyl (C=O) groups is 2. The lowest BCUT2D eigenvalue weighted by molar-refractivity contribution is -0.0587. The zero-order valence-electron chi connectivity index (χ0n) is 11.8. The van der Waals surface area contributed by atoms with Crippen LogP contribution >= 0.6 is 0 Å². The third-order valence-corrected chi connectivity index (χ3v) is 3.11. The van der Waals surface area contributed by atoms with Gasteiger partial charge in [-0.15, -0.1) is 0 Å². The van der Waals surface area contributed by atoms with Crippen LogP contribution in [0.1, 0.15) is 34.7 Å². The van der Waals surface area contributed by atoms with Gasteiger partial charge in [-0.3, -0.25) is 9.78 Å².